The minimum Gasteiger partial charge on any atom is -0.397 e. The molecule has 1 aromatic carbocycles. The highest BCUT2D eigenvalue weighted by atomic mass is 16.1. The summed E-state index contributed by atoms with van der Waals surface area (Å²) >= 11 is 0. The first-order valence-corrected chi connectivity index (χ1v) is 5.02. The van der Waals surface area contributed by atoms with Crippen molar-refractivity contribution in [2.75, 3.05) is 17.7 Å². The van der Waals surface area contributed by atoms with Crippen molar-refractivity contribution in [3.05, 3.63) is 23.8 Å². The van der Waals surface area contributed by atoms with E-state index >= 15 is 0 Å². The zero-order valence-electron chi connectivity index (χ0n) is 8.73. The zero-order valence-corrected chi connectivity index (χ0v) is 8.73. The van der Waals surface area contributed by atoms with Crippen molar-refractivity contribution in [2.24, 2.45) is 5.73 Å². The molecular weight excluding hydrogens is 190 g/mol. The Bertz CT molecular complexity index is 399. The fourth-order valence-electron chi connectivity index (χ4n) is 1.80. The quantitative estimate of drug-likeness (QED) is 0.722. The van der Waals surface area contributed by atoms with Gasteiger partial charge in [0.25, 0.3) is 5.91 Å². The number of hydrogen-bond donors (Lipinski definition) is 2. The van der Waals surface area contributed by atoms with Gasteiger partial charge in [-0.3, -0.25) is 4.79 Å². The fourth-order valence-corrected chi connectivity index (χ4v) is 1.80. The molecule has 1 aliphatic rings. The molecule has 4 heteroatoms. The van der Waals surface area contributed by atoms with Crippen LogP contribution in [0.1, 0.15) is 23.2 Å². The van der Waals surface area contributed by atoms with Crippen molar-refractivity contribution in [3.8, 4) is 0 Å². The van der Waals surface area contributed by atoms with Gasteiger partial charge in [0, 0.05) is 13.1 Å². The minimum atomic E-state index is -0.426. The van der Waals surface area contributed by atoms with E-state index in [0.717, 1.165) is 18.5 Å². The predicted octanol–water partition coefficient (Wildman–Crippen LogP) is 0.966. The third-order valence-electron chi connectivity index (χ3n) is 2.78. The molecule has 1 fully saturated rings. The Morgan fingerprint density at radius 3 is 2.67 bits per heavy atom. The lowest BCUT2D eigenvalue weighted by atomic mass is 10.1. The maximum atomic E-state index is 11.3. The van der Waals surface area contributed by atoms with Crippen LogP contribution in [0.2, 0.25) is 0 Å². The van der Waals surface area contributed by atoms with Crippen LogP contribution < -0.4 is 16.4 Å². The average molecular weight is 205 g/mol. The SMILES string of the molecule is CN(c1c(N)cccc1C(N)=O)C1CC1. The number of nitrogens with two attached hydrogens (primary N) is 2. The third-order valence-corrected chi connectivity index (χ3v) is 2.78. The Morgan fingerprint density at radius 2 is 2.13 bits per heavy atom. The summed E-state index contributed by atoms with van der Waals surface area (Å²) in [6, 6.07) is 5.76. The van der Waals surface area contributed by atoms with Crippen molar-refractivity contribution >= 4 is 17.3 Å². The fraction of sp³-hybridized carbons (Fsp3) is 0.364. The predicted molar refractivity (Wildman–Crippen MR) is 60.8 cm³/mol. The maximum Gasteiger partial charge on any atom is 0.250 e. The van der Waals surface area contributed by atoms with Crippen LogP contribution in [0.4, 0.5) is 11.4 Å². The molecule has 4 nitrogen and oxygen atoms in total. The summed E-state index contributed by atoms with van der Waals surface area (Å²) in [7, 11) is 1.95. The molecule has 0 radical (unpaired) electrons. The summed E-state index contributed by atoms with van der Waals surface area (Å²) in [5, 5.41) is 0. The van der Waals surface area contributed by atoms with Gasteiger partial charge in [-0.2, -0.15) is 0 Å². The monoisotopic (exact) mass is 205 g/mol. The summed E-state index contributed by atoms with van der Waals surface area (Å²) in [4.78, 5) is 13.3. The van der Waals surface area contributed by atoms with Crippen molar-refractivity contribution in [2.45, 2.75) is 18.9 Å². The second-order valence-electron chi connectivity index (χ2n) is 3.95. The molecule has 2 rings (SSSR count). The van der Waals surface area contributed by atoms with Gasteiger partial charge in [-0.1, -0.05) is 6.07 Å². The molecule has 1 aromatic rings. The number of benzene rings is 1. The van der Waals surface area contributed by atoms with E-state index in [9.17, 15) is 4.79 Å². The summed E-state index contributed by atoms with van der Waals surface area (Å²) in [6.07, 6.45) is 2.31. The molecule has 1 aliphatic carbocycles. The molecule has 0 heterocycles. The third kappa shape index (κ3) is 1.75. The Balaban J connectivity index is 2.46. The van der Waals surface area contributed by atoms with E-state index in [0.29, 0.717) is 17.3 Å². The number of carbonyl (C=O) groups excluding carboxylic acids is 1. The van der Waals surface area contributed by atoms with Crippen LogP contribution >= 0.6 is 0 Å². The minimum absolute atomic E-state index is 0.426. The lowest BCUT2D eigenvalue weighted by Gasteiger charge is -2.22. The maximum absolute atomic E-state index is 11.3. The summed E-state index contributed by atoms with van der Waals surface area (Å²) in [5.41, 5.74) is 13.1. The Kier molecular flexibility index (Phi) is 2.26. The van der Waals surface area contributed by atoms with Gasteiger partial charge in [-0.15, -0.1) is 0 Å². The van der Waals surface area contributed by atoms with Crippen LogP contribution in [-0.4, -0.2) is 19.0 Å². The topological polar surface area (TPSA) is 72.3 Å². The second kappa shape index (κ2) is 3.46. The van der Waals surface area contributed by atoms with Crippen LogP contribution in [0.25, 0.3) is 0 Å². The first-order valence-electron chi connectivity index (χ1n) is 5.02. The number of nitrogen functional groups attached to an aromatic ring is 1. The number of nitrogens with zero attached hydrogens (tertiary/aromatic N) is 1. The average Bonchev–Trinajstić information content (AvgIpc) is 2.99. The molecule has 15 heavy (non-hydrogen) atoms. The summed E-state index contributed by atoms with van der Waals surface area (Å²) in [5.74, 6) is -0.426. The highest BCUT2D eigenvalue weighted by Crippen LogP contribution is 2.35. The molecule has 1 amide bonds. The van der Waals surface area contributed by atoms with Gasteiger partial charge < -0.3 is 16.4 Å². The molecule has 0 bridgehead atoms. The van der Waals surface area contributed by atoms with Crippen molar-refractivity contribution in [3.63, 3.8) is 0 Å². The van der Waals surface area contributed by atoms with E-state index in [4.69, 9.17) is 11.5 Å². The van der Waals surface area contributed by atoms with Crippen LogP contribution in [0.15, 0.2) is 18.2 Å². The largest absolute Gasteiger partial charge is 0.397 e. The molecule has 0 spiro atoms. The van der Waals surface area contributed by atoms with Crippen molar-refractivity contribution in [1.82, 2.24) is 0 Å². The number of carbonyl (C=O) groups is 1. The van der Waals surface area contributed by atoms with Crippen molar-refractivity contribution in [1.29, 1.82) is 0 Å². The van der Waals surface area contributed by atoms with E-state index in [2.05, 4.69) is 4.90 Å². The summed E-state index contributed by atoms with van der Waals surface area (Å²) < 4.78 is 0. The van der Waals surface area contributed by atoms with Crippen molar-refractivity contribution < 1.29 is 4.79 Å². The molecule has 0 atom stereocenters. The van der Waals surface area contributed by atoms with Gasteiger partial charge in [0.05, 0.1) is 16.9 Å². The number of para-hydroxylation sites is 1. The second-order valence-corrected chi connectivity index (χ2v) is 3.95. The number of rotatable bonds is 3. The molecule has 1 saturated carbocycles. The number of anilines is 2. The van der Waals surface area contributed by atoms with Crippen LogP contribution in [0.3, 0.4) is 0 Å². The molecule has 80 valence electrons. The Hall–Kier alpha value is -1.71. The van der Waals surface area contributed by atoms with Crippen LogP contribution in [-0.2, 0) is 0 Å². The van der Waals surface area contributed by atoms with Gasteiger partial charge >= 0.3 is 0 Å². The molecule has 0 unspecified atom stereocenters. The lowest BCUT2D eigenvalue weighted by Crippen LogP contribution is -2.25. The van der Waals surface area contributed by atoms with Gasteiger partial charge in [0.15, 0.2) is 0 Å². The van der Waals surface area contributed by atoms with E-state index in [1.165, 1.54) is 0 Å². The van der Waals surface area contributed by atoms with Crippen LogP contribution in [0, 0.1) is 0 Å². The first-order chi connectivity index (χ1) is 7.11. The standard InChI is InChI=1S/C11H15N3O/c1-14(7-5-6-7)10-8(11(13)15)3-2-4-9(10)12/h2-4,7H,5-6,12H2,1H3,(H2,13,15). The van der Waals surface area contributed by atoms with E-state index in [1.807, 2.05) is 7.05 Å². The summed E-state index contributed by atoms with van der Waals surface area (Å²) in [6.45, 7) is 0. The molecule has 0 aliphatic heterocycles. The molecular formula is C11H15N3O. The smallest absolute Gasteiger partial charge is 0.250 e. The number of hydrogen-bond acceptors (Lipinski definition) is 3. The molecule has 0 saturated heterocycles. The first kappa shape index (κ1) is 9.83. The Labute approximate surface area is 88.9 Å². The normalized spacial score (nSPS) is 15.0. The zero-order chi connectivity index (χ0) is 11.0. The Morgan fingerprint density at radius 1 is 1.47 bits per heavy atom. The lowest BCUT2D eigenvalue weighted by molar-refractivity contribution is 0.100. The van der Waals surface area contributed by atoms with Gasteiger partial charge in [0.1, 0.15) is 0 Å². The van der Waals surface area contributed by atoms with Gasteiger partial charge in [0.2, 0.25) is 0 Å². The highest BCUT2D eigenvalue weighted by molar-refractivity contribution is 6.01. The number of amides is 1. The van der Waals surface area contributed by atoms with E-state index < -0.39 is 5.91 Å². The highest BCUT2D eigenvalue weighted by Gasteiger charge is 2.29. The molecule has 4 N–H and O–H groups in total. The van der Waals surface area contributed by atoms with Gasteiger partial charge in [-0.05, 0) is 25.0 Å². The van der Waals surface area contributed by atoms with E-state index in [-0.39, 0.29) is 0 Å². The number of primary amides is 1. The van der Waals surface area contributed by atoms with Crippen LogP contribution in [0.5, 0.6) is 0 Å². The molecule has 0 aromatic heterocycles. The van der Waals surface area contributed by atoms with E-state index in [1.54, 1.807) is 18.2 Å². The van der Waals surface area contributed by atoms with Gasteiger partial charge in [-0.25, -0.2) is 0 Å².